The number of hydrogen-bond acceptors (Lipinski definition) is 2. The lowest BCUT2D eigenvalue weighted by Crippen LogP contribution is -1.99. The third-order valence-electron chi connectivity index (χ3n) is 2.11. The summed E-state index contributed by atoms with van der Waals surface area (Å²) in [6.07, 6.45) is 2.22. The molecule has 1 saturated carbocycles. The summed E-state index contributed by atoms with van der Waals surface area (Å²) in [5, 5.41) is 8.20. The fourth-order valence-corrected chi connectivity index (χ4v) is 1.30. The van der Waals surface area contributed by atoms with Crippen molar-refractivity contribution >= 4 is 5.78 Å². The summed E-state index contributed by atoms with van der Waals surface area (Å²) in [6, 6.07) is 1.88. The molecule has 1 aliphatic carbocycles. The number of ketones is 1. The summed E-state index contributed by atoms with van der Waals surface area (Å²) in [7, 11) is 0. The summed E-state index contributed by atoms with van der Waals surface area (Å²) in [6.45, 7) is 2.09. The van der Waals surface area contributed by atoms with Gasteiger partial charge in [0.05, 0.1) is 12.5 Å². The van der Waals surface area contributed by atoms with E-state index in [1.807, 2.05) is 6.07 Å². The molecule has 1 fully saturated rings. The minimum absolute atomic E-state index is 0.112. The van der Waals surface area contributed by atoms with Crippen LogP contribution in [0.15, 0.2) is 0 Å². The second-order valence-electron chi connectivity index (χ2n) is 2.81. The van der Waals surface area contributed by atoms with Crippen molar-refractivity contribution in [2.75, 3.05) is 0 Å². The van der Waals surface area contributed by atoms with E-state index in [9.17, 15) is 4.79 Å². The van der Waals surface area contributed by atoms with Gasteiger partial charge in [0.25, 0.3) is 0 Å². The van der Waals surface area contributed by atoms with Crippen molar-refractivity contribution in [1.29, 1.82) is 5.26 Å². The van der Waals surface area contributed by atoms with Crippen molar-refractivity contribution in [3.8, 4) is 6.07 Å². The van der Waals surface area contributed by atoms with Crippen molar-refractivity contribution in [2.45, 2.75) is 26.2 Å². The highest BCUT2D eigenvalue weighted by atomic mass is 16.1. The average molecular weight is 137 g/mol. The third kappa shape index (κ3) is 1.36. The molecule has 0 aromatic heterocycles. The van der Waals surface area contributed by atoms with E-state index in [0.29, 0.717) is 5.92 Å². The van der Waals surface area contributed by atoms with Gasteiger partial charge in [-0.1, -0.05) is 13.3 Å². The molecule has 2 unspecified atom stereocenters. The Labute approximate surface area is 60.8 Å². The first kappa shape index (κ1) is 7.27. The van der Waals surface area contributed by atoms with Gasteiger partial charge in [0.1, 0.15) is 5.78 Å². The number of Topliss-reactive ketones (excluding diaryl/α,β-unsaturated/α-hetero) is 1. The van der Waals surface area contributed by atoms with Crippen molar-refractivity contribution in [3.05, 3.63) is 0 Å². The van der Waals surface area contributed by atoms with Crippen LogP contribution in [0.3, 0.4) is 0 Å². The van der Waals surface area contributed by atoms with Crippen LogP contribution in [0.2, 0.25) is 0 Å². The zero-order valence-electron chi connectivity index (χ0n) is 6.13. The van der Waals surface area contributed by atoms with Gasteiger partial charge in [-0.15, -0.1) is 0 Å². The van der Waals surface area contributed by atoms with Crippen molar-refractivity contribution in [1.82, 2.24) is 0 Å². The lowest BCUT2D eigenvalue weighted by molar-refractivity contribution is -0.119. The van der Waals surface area contributed by atoms with Gasteiger partial charge in [-0.05, 0) is 12.3 Å². The maximum atomic E-state index is 11.0. The molecule has 2 heteroatoms. The molecule has 0 aliphatic heterocycles. The normalized spacial score (nSPS) is 29.2. The molecule has 0 bridgehead atoms. The summed E-state index contributed by atoms with van der Waals surface area (Å²) >= 11 is 0. The molecule has 0 spiro atoms. The second-order valence-corrected chi connectivity index (χ2v) is 2.81. The maximum absolute atomic E-state index is 11.0. The number of carbonyl (C=O) groups is 1. The number of carbonyl (C=O) groups excluding carboxylic acids is 1. The van der Waals surface area contributed by atoms with Crippen LogP contribution in [0, 0.1) is 23.2 Å². The first-order valence-electron chi connectivity index (χ1n) is 3.69. The number of rotatable bonds is 3. The summed E-state index contributed by atoms with van der Waals surface area (Å²) in [4.78, 5) is 11.0. The molecule has 0 aromatic carbocycles. The molecule has 1 rings (SSSR count). The summed E-state index contributed by atoms with van der Waals surface area (Å²) < 4.78 is 0. The van der Waals surface area contributed by atoms with Crippen LogP contribution in [0.5, 0.6) is 0 Å². The van der Waals surface area contributed by atoms with E-state index < -0.39 is 0 Å². The van der Waals surface area contributed by atoms with Crippen LogP contribution in [0.4, 0.5) is 0 Å². The summed E-state index contributed by atoms with van der Waals surface area (Å²) in [5.74, 6) is 0.986. The average Bonchev–Trinajstić information content (AvgIpc) is 2.66. The Bertz CT molecular complexity index is 180. The van der Waals surface area contributed by atoms with Gasteiger partial charge in [-0.3, -0.25) is 4.79 Å². The molecule has 0 saturated heterocycles. The van der Waals surface area contributed by atoms with Gasteiger partial charge >= 0.3 is 0 Å². The van der Waals surface area contributed by atoms with Gasteiger partial charge < -0.3 is 0 Å². The Kier molecular flexibility index (Phi) is 2.06. The maximum Gasteiger partial charge on any atom is 0.150 e. The zero-order chi connectivity index (χ0) is 7.56. The molecule has 1 aliphatic rings. The fraction of sp³-hybridized carbons (Fsp3) is 0.750. The SMILES string of the molecule is CCC1CC1C(=O)CC#N. The topological polar surface area (TPSA) is 40.9 Å². The van der Waals surface area contributed by atoms with Gasteiger partial charge in [-0.2, -0.15) is 5.26 Å². The highest BCUT2D eigenvalue weighted by molar-refractivity contribution is 5.85. The van der Waals surface area contributed by atoms with E-state index >= 15 is 0 Å². The van der Waals surface area contributed by atoms with Crippen molar-refractivity contribution in [3.63, 3.8) is 0 Å². The molecular formula is C8H11NO. The van der Waals surface area contributed by atoms with Crippen LogP contribution in [0.1, 0.15) is 26.2 Å². The zero-order valence-corrected chi connectivity index (χ0v) is 6.13. The van der Waals surface area contributed by atoms with Gasteiger partial charge in [-0.25, -0.2) is 0 Å². The lowest BCUT2D eigenvalue weighted by Gasteiger charge is -1.89. The standard InChI is InChI=1S/C8H11NO/c1-2-6-5-7(6)8(10)3-4-9/h6-7H,2-3,5H2,1H3. The highest BCUT2D eigenvalue weighted by Gasteiger charge is 2.40. The minimum Gasteiger partial charge on any atom is -0.298 e. The van der Waals surface area contributed by atoms with Crippen LogP contribution in [-0.4, -0.2) is 5.78 Å². The van der Waals surface area contributed by atoms with E-state index in [-0.39, 0.29) is 18.1 Å². The Morgan fingerprint density at radius 2 is 2.50 bits per heavy atom. The number of hydrogen-bond donors (Lipinski definition) is 0. The quantitative estimate of drug-likeness (QED) is 0.591. The van der Waals surface area contributed by atoms with E-state index in [2.05, 4.69) is 6.92 Å². The lowest BCUT2D eigenvalue weighted by atomic mass is 10.1. The van der Waals surface area contributed by atoms with Gasteiger partial charge in [0.15, 0.2) is 0 Å². The second kappa shape index (κ2) is 2.83. The Morgan fingerprint density at radius 3 is 2.90 bits per heavy atom. The summed E-state index contributed by atoms with van der Waals surface area (Å²) in [5.41, 5.74) is 0. The first-order valence-corrected chi connectivity index (χ1v) is 3.69. The number of nitrogens with zero attached hydrogens (tertiary/aromatic N) is 1. The Balaban J connectivity index is 2.27. The molecule has 2 atom stereocenters. The Morgan fingerprint density at radius 1 is 1.80 bits per heavy atom. The molecule has 2 nitrogen and oxygen atoms in total. The van der Waals surface area contributed by atoms with E-state index in [0.717, 1.165) is 12.8 Å². The van der Waals surface area contributed by atoms with Crippen molar-refractivity contribution < 1.29 is 4.79 Å². The molecule has 10 heavy (non-hydrogen) atoms. The van der Waals surface area contributed by atoms with E-state index in [1.54, 1.807) is 0 Å². The predicted octanol–water partition coefficient (Wildman–Crippen LogP) is 1.52. The largest absolute Gasteiger partial charge is 0.298 e. The Hall–Kier alpha value is -0.840. The molecule has 54 valence electrons. The monoisotopic (exact) mass is 137 g/mol. The van der Waals surface area contributed by atoms with Crippen LogP contribution in [-0.2, 0) is 4.79 Å². The molecule has 0 heterocycles. The minimum atomic E-state index is 0.112. The molecule has 0 amide bonds. The highest BCUT2D eigenvalue weighted by Crippen LogP contribution is 2.42. The third-order valence-corrected chi connectivity index (χ3v) is 2.11. The predicted molar refractivity (Wildman–Crippen MR) is 37.1 cm³/mol. The van der Waals surface area contributed by atoms with E-state index in [1.165, 1.54) is 0 Å². The van der Waals surface area contributed by atoms with Crippen LogP contribution in [0.25, 0.3) is 0 Å². The fourth-order valence-electron chi connectivity index (χ4n) is 1.30. The smallest absolute Gasteiger partial charge is 0.150 e. The van der Waals surface area contributed by atoms with Crippen molar-refractivity contribution in [2.24, 2.45) is 11.8 Å². The molecule has 0 radical (unpaired) electrons. The van der Waals surface area contributed by atoms with Gasteiger partial charge in [0.2, 0.25) is 0 Å². The number of nitriles is 1. The first-order chi connectivity index (χ1) is 4.79. The van der Waals surface area contributed by atoms with Crippen LogP contribution >= 0.6 is 0 Å². The van der Waals surface area contributed by atoms with Gasteiger partial charge in [0, 0.05) is 5.92 Å². The molecule has 0 N–H and O–H groups in total. The van der Waals surface area contributed by atoms with E-state index in [4.69, 9.17) is 5.26 Å². The molecule has 0 aromatic rings. The molecular weight excluding hydrogens is 126 g/mol. The van der Waals surface area contributed by atoms with Crippen LogP contribution < -0.4 is 0 Å².